The van der Waals surface area contributed by atoms with Crippen molar-refractivity contribution < 1.29 is 14.3 Å². The lowest BCUT2D eigenvalue weighted by atomic mass is 9.78. The molecule has 2 aliphatic carbocycles. The molecule has 1 aliphatic heterocycles. The number of nitrogens with two attached hydrogens (primary N) is 1. The van der Waals surface area contributed by atoms with Crippen LogP contribution < -0.4 is 5.73 Å². The van der Waals surface area contributed by atoms with Gasteiger partial charge in [-0.05, 0) is 56.8 Å². The molecule has 2 N–H and O–H groups in total. The summed E-state index contributed by atoms with van der Waals surface area (Å²) in [6.45, 7) is 2.83. The third kappa shape index (κ3) is 5.19. The molecule has 0 spiro atoms. The van der Waals surface area contributed by atoms with Crippen LogP contribution in [0.2, 0.25) is 0 Å². The lowest BCUT2D eigenvalue weighted by Crippen LogP contribution is -2.41. The first-order valence-corrected chi connectivity index (χ1v) is 10.2. The fourth-order valence-electron chi connectivity index (χ4n) is 4.51. The summed E-state index contributed by atoms with van der Waals surface area (Å²) in [7, 11) is 0. The topological polar surface area (TPSA) is 61.5 Å². The second-order valence-corrected chi connectivity index (χ2v) is 8.42. The zero-order chi connectivity index (χ0) is 16.9. The Labute approximate surface area is 146 Å². The van der Waals surface area contributed by atoms with Gasteiger partial charge in [0.25, 0.3) is 0 Å². The smallest absolute Gasteiger partial charge is 0.323 e. The molecule has 0 bridgehead atoms. The minimum atomic E-state index is -0.468. The van der Waals surface area contributed by atoms with Crippen LogP contribution in [0.15, 0.2) is 0 Å². The molecule has 1 heterocycles. The van der Waals surface area contributed by atoms with E-state index in [0.29, 0.717) is 5.92 Å². The molecular weight excluding hydrogens is 302 g/mol. The molecule has 3 fully saturated rings. The molecule has 0 radical (unpaired) electrons. The minimum Gasteiger partial charge on any atom is -0.459 e. The number of carbonyl (C=O) groups is 1. The maximum atomic E-state index is 12.1. The average Bonchev–Trinajstić information content (AvgIpc) is 3.38. The van der Waals surface area contributed by atoms with Crippen LogP contribution in [0.25, 0.3) is 0 Å². The first-order chi connectivity index (χ1) is 11.6. The van der Waals surface area contributed by atoms with Crippen molar-refractivity contribution in [2.45, 2.75) is 95.8 Å². The van der Waals surface area contributed by atoms with Crippen LogP contribution in [0.4, 0.5) is 0 Å². The van der Waals surface area contributed by atoms with E-state index in [1.54, 1.807) is 0 Å². The molecule has 0 aromatic rings. The van der Waals surface area contributed by atoms with Crippen LogP contribution in [0, 0.1) is 17.8 Å². The van der Waals surface area contributed by atoms with E-state index in [0.717, 1.165) is 37.7 Å². The van der Waals surface area contributed by atoms with E-state index in [1.807, 2.05) is 6.92 Å². The Balaban J connectivity index is 1.66. The van der Waals surface area contributed by atoms with Gasteiger partial charge in [-0.2, -0.15) is 0 Å². The summed E-state index contributed by atoms with van der Waals surface area (Å²) in [5.41, 5.74) is 5.97. The molecule has 0 aromatic carbocycles. The number of rotatable bonds is 5. The fraction of sp³-hybridized carbons (Fsp3) is 0.950. The predicted molar refractivity (Wildman–Crippen MR) is 94.5 cm³/mol. The number of carbonyl (C=O) groups excluding carboxylic acids is 1. The van der Waals surface area contributed by atoms with Gasteiger partial charge in [0.15, 0.2) is 0 Å². The molecule has 4 atom stereocenters. The highest BCUT2D eigenvalue weighted by Gasteiger charge is 2.36. The van der Waals surface area contributed by atoms with Crippen molar-refractivity contribution in [1.82, 2.24) is 0 Å². The predicted octanol–water partition coefficient (Wildman–Crippen LogP) is 3.81. The lowest BCUT2D eigenvalue weighted by Gasteiger charge is -2.34. The molecule has 24 heavy (non-hydrogen) atoms. The van der Waals surface area contributed by atoms with Crippen LogP contribution in [-0.2, 0) is 14.3 Å². The van der Waals surface area contributed by atoms with Gasteiger partial charge < -0.3 is 15.2 Å². The molecule has 0 amide bonds. The van der Waals surface area contributed by atoms with Gasteiger partial charge in [-0.25, -0.2) is 0 Å². The van der Waals surface area contributed by atoms with Gasteiger partial charge in [-0.3, -0.25) is 4.79 Å². The summed E-state index contributed by atoms with van der Waals surface area (Å²) in [4.78, 5) is 12.1. The first-order valence-electron chi connectivity index (χ1n) is 10.2. The molecule has 3 aliphatic rings. The van der Waals surface area contributed by atoms with Gasteiger partial charge in [-0.1, -0.05) is 38.5 Å². The second-order valence-electron chi connectivity index (χ2n) is 8.42. The highest BCUT2D eigenvalue weighted by molar-refractivity contribution is 5.75. The molecule has 2 saturated carbocycles. The van der Waals surface area contributed by atoms with E-state index in [9.17, 15) is 4.79 Å². The van der Waals surface area contributed by atoms with E-state index < -0.39 is 6.04 Å². The highest BCUT2D eigenvalue weighted by atomic mass is 16.6. The van der Waals surface area contributed by atoms with Crippen LogP contribution in [-0.4, -0.2) is 30.8 Å². The van der Waals surface area contributed by atoms with Crippen LogP contribution in [0.3, 0.4) is 0 Å². The SMILES string of the molecule is CC1OC(=O)C(N)CCCC(CC2CCCCC2)C1OCC1CC1. The standard InChI is InChI=1S/C20H35NO3/c1-14-19(23-13-16-10-11-16)17(12-15-6-3-2-4-7-15)8-5-9-18(21)20(22)24-14/h14-19H,2-13,21H2,1H3. The van der Waals surface area contributed by atoms with Crippen LogP contribution in [0.5, 0.6) is 0 Å². The lowest BCUT2D eigenvalue weighted by molar-refractivity contribution is -0.160. The number of esters is 1. The van der Waals surface area contributed by atoms with Gasteiger partial charge in [0.1, 0.15) is 12.1 Å². The molecule has 4 heteroatoms. The van der Waals surface area contributed by atoms with Crippen molar-refractivity contribution in [3.63, 3.8) is 0 Å². The largest absolute Gasteiger partial charge is 0.459 e. The molecule has 4 nitrogen and oxygen atoms in total. The zero-order valence-electron chi connectivity index (χ0n) is 15.3. The molecule has 138 valence electrons. The zero-order valence-corrected chi connectivity index (χ0v) is 15.3. The summed E-state index contributed by atoms with van der Waals surface area (Å²) >= 11 is 0. The maximum Gasteiger partial charge on any atom is 0.323 e. The van der Waals surface area contributed by atoms with Crippen molar-refractivity contribution in [1.29, 1.82) is 0 Å². The van der Waals surface area contributed by atoms with Crippen LogP contribution in [0.1, 0.15) is 77.6 Å². The molecule has 4 unspecified atom stereocenters. The Morgan fingerprint density at radius 3 is 2.46 bits per heavy atom. The summed E-state index contributed by atoms with van der Waals surface area (Å²) in [6, 6.07) is -0.468. The molecular formula is C20H35NO3. The quantitative estimate of drug-likeness (QED) is 0.775. The van der Waals surface area contributed by atoms with E-state index in [2.05, 4.69) is 0 Å². The Bertz CT molecular complexity index is 404. The molecule has 0 aromatic heterocycles. The van der Waals surface area contributed by atoms with Crippen LogP contribution >= 0.6 is 0 Å². The van der Waals surface area contributed by atoms with E-state index in [-0.39, 0.29) is 18.2 Å². The minimum absolute atomic E-state index is 0.0433. The van der Waals surface area contributed by atoms with Crippen molar-refractivity contribution in [3.05, 3.63) is 0 Å². The third-order valence-corrected chi connectivity index (χ3v) is 6.20. The summed E-state index contributed by atoms with van der Waals surface area (Å²) in [5.74, 6) is 1.81. The second kappa shape index (κ2) is 8.66. The average molecular weight is 338 g/mol. The number of cyclic esters (lactones) is 1. The number of hydrogen-bond acceptors (Lipinski definition) is 4. The van der Waals surface area contributed by atoms with Gasteiger partial charge in [-0.15, -0.1) is 0 Å². The van der Waals surface area contributed by atoms with Crippen molar-refractivity contribution in [3.8, 4) is 0 Å². The monoisotopic (exact) mass is 337 g/mol. The van der Waals surface area contributed by atoms with Crippen molar-refractivity contribution in [2.75, 3.05) is 6.61 Å². The molecule has 1 saturated heterocycles. The van der Waals surface area contributed by atoms with Gasteiger partial charge in [0.2, 0.25) is 0 Å². The summed E-state index contributed by atoms with van der Waals surface area (Å²) in [5, 5.41) is 0. The summed E-state index contributed by atoms with van der Waals surface area (Å²) in [6.07, 6.45) is 13.4. The Morgan fingerprint density at radius 1 is 1.00 bits per heavy atom. The maximum absolute atomic E-state index is 12.1. The fourth-order valence-corrected chi connectivity index (χ4v) is 4.51. The third-order valence-electron chi connectivity index (χ3n) is 6.20. The first kappa shape index (κ1) is 18.2. The van der Waals surface area contributed by atoms with Crippen molar-refractivity contribution >= 4 is 5.97 Å². The van der Waals surface area contributed by atoms with E-state index in [4.69, 9.17) is 15.2 Å². The van der Waals surface area contributed by atoms with Gasteiger partial charge in [0.05, 0.1) is 6.10 Å². The number of ether oxygens (including phenoxy) is 2. The Hall–Kier alpha value is -0.610. The highest BCUT2D eigenvalue weighted by Crippen LogP contribution is 2.36. The van der Waals surface area contributed by atoms with E-state index >= 15 is 0 Å². The van der Waals surface area contributed by atoms with Gasteiger partial charge >= 0.3 is 5.97 Å². The van der Waals surface area contributed by atoms with Crippen molar-refractivity contribution in [2.24, 2.45) is 23.5 Å². The summed E-state index contributed by atoms with van der Waals surface area (Å²) < 4.78 is 12.0. The van der Waals surface area contributed by atoms with E-state index in [1.165, 1.54) is 51.4 Å². The van der Waals surface area contributed by atoms with Gasteiger partial charge in [0, 0.05) is 6.61 Å². The Kier molecular flexibility index (Phi) is 6.56. The molecule has 3 rings (SSSR count). The Morgan fingerprint density at radius 2 is 1.75 bits per heavy atom. The number of hydrogen-bond donors (Lipinski definition) is 1. The normalized spacial score (nSPS) is 36.5.